The lowest BCUT2D eigenvalue weighted by molar-refractivity contribution is -0.131. The topological polar surface area (TPSA) is 46.8 Å². The van der Waals surface area contributed by atoms with Gasteiger partial charge < -0.3 is 9.64 Å². The van der Waals surface area contributed by atoms with Crippen LogP contribution in [0.5, 0.6) is 0 Å². The van der Waals surface area contributed by atoms with Crippen molar-refractivity contribution in [1.29, 1.82) is 0 Å². The number of thiazole rings is 1. The Bertz CT molecular complexity index is 588. The highest BCUT2D eigenvalue weighted by atomic mass is 32.1. The number of hydrogen-bond acceptors (Lipinski definition) is 4. The number of methoxy groups -OCH3 is 1. The molecule has 2 aromatic heterocycles. The number of carbonyl (C=O) groups excluding carboxylic acids is 1. The predicted molar refractivity (Wildman–Crippen MR) is 75.5 cm³/mol. The van der Waals surface area contributed by atoms with Gasteiger partial charge in [-0.15, -0.1) is 11.3 Å². The highest BCUT2D eigenvalue weighted by molar-refractivity contribution is 7.17. The number of rotatable bonds is 5. The Morgan fingerprint density at radius 1 is 1.53 bits per heavy atom. The minimum absolute atomic E-state index is 0.0863. The van der Waals surface area contributed by atoms with E-state index in [9.17, 15) is 4.79 Å². The molecule has 104 valence electrons. The molecule has 0 bridgehead atoms. The Balaban J connectivity index is 2.16. The van der Waals surface area contributed by atoms with Crippen LogP contribution in [0.3, 0.4) is 0 Å². The average molecular weight is 281 g/mol. The van der Waals surface area contributed by atoms with E-state index in [2.05, 4.69) is 22.5 Å². The molecule has 0 aliphatic rings. The zero-order chi connectivity index (χ0) is 14.0. The molecular formula is C13H19N3O2S. The van der Waals surface area contributed by atoms with Crippen LogP contribution in [-0.2, 0) is 16.1 Å². The maximum absolute atomic E-state index is 11.9. The largest absolute Gasteiger partial charge is 0.384 e. The lowest BCUT2D eigenvalue weighted by atomic mass is 10.3. The van der Waals surface area contributed by atoms with Crippen molar-refractivity contribution in [2.24, 2.45) is 0 Å². The highest BCUT2D eigenvalue weighted by Gasteiger charge is 2.15. The van der Waals surface area contributed by atoms with E-state index in [1.807, 2.05) is 14.0 Å². The van der Waals surface area contributed by atoms with Gasteiger partial charge in [0.05, 0.1) is 31.0 Å². The van der Waals surface area contributed by atoms with Gasteiger partial charge in [0, 0.05) is 25.2 Å². The van der Waals surface area contributed by atoms with Crippen molar-refractivity contribution >= 4 is 22.2 Å². The normalized spacial score (nSPS) is 11.2. The first-order chi connectivity index (χ1) is 9.02. The molecule has 0 saturated heterocycles. The summed E-state index contributed by atoms with van der Waals surface area (Å²) in [6.45, 7) is 5.08. The molecule has 0 spiro atoms. The second kappa shape index (κ2) is 5.71. The number of nitrogens with zero attached hydrogens (tertiary/aromatic N) is 3. The first-order valence-corrected chi connectivity index (χ1v) is 7.01. The first-order valence-electron chi connectivity index (χ1n) is 6.19. The summed E-state index contributed by atoms with van der Waals surface area (Å²) in [7, 11) is 3.42. The maximum atomic E-state index is 11.9. The van der Waals surface area contributed by atoms with Gasteiger partial charge in [-0.1, -0.05) is 0 Å². The predicted octanol–water partition coefficient (Wildman–Crippen LogP) is 2.01. The number of ether oxygens (including phenoxy) is 1. The van der Waals surface area contributed by atoms with E-state index in [0.29, 0.717) is 19.6 Å². The Labute approximate surface area is 116 Å². The number of hydrogen-bond donors (Lipinski definition) is 0. The second-order valence-electron chi connectivity index (χ2n) is 4.63. The number of aromatic nitrogens is 2. The van der Waals surface area contributed by atoms with Gasteiger partial charge in [-0.25, -0.2) is 4.98 Å². The Kier molecular flexibility index (Phi) is 4.21. The van der Waals surface area contributed by atoms with Gasteiger partial charge in [0.25, 0.3) is 0 Å². The van der Waals surface area contributed by atoms with Crippen molar-refractivity contribution in [1.82, 2.24) is 14.3 Å². The molecule has 0 aliphatic heterocycles. The molecule has 0 aromatic carbocycles. The van der Waals surface area contributed by atoms with Crippen molar-refractivity contribution in [3.63, 3.8) is 0 Å². The third-order valence-electron chi connectivity index (χ3n) is 3.07. The maximum Gasteiger partial charge on any atom is 0.224 e. The van der Waals surface area contributed by atoms with Gasteiger partial charge in [0.2, 0.25) is 5.91 Å². The van der Waals surface area contributed by atoms with Gasteiger partial charge >= 0.3 is 0 Å². The van der Waals surface area contributed by atoms with Crippen molar-refractivity contribution < 1.29 is 9.53 Å². The van der Waals surface area contributed by atoms with E-state index >= 15 is 0 Å². The van der Waals surface area contributed by atoms with E-state index in [1.54, 1.807) is 23.3 Å². The van der Waals surface area contributed by atoms with Crippen LogP contribution in [0.15, 0.2) is 6.20 Å². The molecule has 2 rings (SSSR count). The molecule has 0 saturated carbocycles. The summed E-state index contributed by atoms with van der Waals surface area (Å²) < 4.78 is 7.01. The Hall–Kier alpha value is -1.40. The van der Waals surface area contributed by atoms with E-state index in [1.165, 1.54) is 4.88 Å². The fraction of sp³-hybridized carbons (Fsp3) is 0.538. The number of fused-ring (bicyclic) bond motifs is 1. The first kappa shape index (κ1) is 14.0. The van der Waals surface area contributed by atoms with Crippen molar-refractivity contribution in [3.8, 4) is 0 Å². The lowest BCUT2D eigenvalue weighted by Crippen LogP contribution is -2.27. The summed E-state index contributed by atoms with van der Waals surface area (Å²) in [5.74, 6) is 0.0863. The van der Waals surface area contributed by atoms with Crippen LogP contribution in [0.4, 0.5) is 0 Å². The molecular weight excluding hydrogens is 262 g/mol. The van der Waals surface area contributed by atoms with Crippen molar-refractivity contribution in [2.75, 3.05) is 20.8 Å². The summed E-state index contributed by atoms with van der Waals surface area (Å²) in [6.07, 6.45) is 2.49. The molecule has 0 radical (unpaired) electrons. The molecule has 0 fully saturated rings. The van der Waals surface area contributed by atoms with Crippen LogP contribution >= 0.6 is 11.3 Å². The Morgan fingerprint density at radius 3 is 2.95 bits per heavy atom. The fourth-order valence-electron chi connectivity index (χ4n) is 1.99. The summed E-state index contributed by atoms with van der Waals surface area (Å²) in [6, 6.07) is 0. The van der Waals surface area contributed by atoms with Gasteiger partial charge in [0.1, 0.15) is 0 Å². The second-order valence-corrected chi connectivity index (χ2v) is 5.84. The zero-order valence-electron chi connectivity index (χ0n) is 11.8. The summed E-state index contributed by atoms with van der Waals surface area (Å²) in [5.41, 5.74) is 2.06. The van der Waals surface area contributed by atoms with Crippen molar-refractivity contribution in [2.45, 2.75) is 26.8 Å². The van der Waals surface area contributed by atoms with Crippen LogP contribution in [0.2, 0.25) is 0 Å². The molecule has 2 aromatic rings. The number of carbonyl (C=O) groups is 1. The molecule has 5 nitrogen and oxygen atoms in total. The van der Waals surface area contributed by atoms with E-state index in [4.69, 9.17) is 4.74 Å². The molecule has 0 aliphatic carbocycles. The number of imidazole rings is 1. The van der Waals surface area contributed by atoms with Crippen LogP contribution in [0.25, 0.3) is 4.96 Å². The van der Waals surface area contributed by atoms with E-state index in [-0.39, 0.29) is 5.91 Å². The van der Waals surface area contributed by atoms with Gasteiger partial charge in [-0.2, -0.15) is 0 Å². The quantitative estimate of drug-likeness (QED) is 0.842. The van der Waals surface area contributed by atoms with E-state index in [0.717, 1.165) is 16.3 Å². The molecule has 0 unspecified atom stereocenters. The van der Waals surface area contributed by atoms with Crippen LogP contribution in [-0.4, -0.2) is 41.0 Å². The Morgan fingerprint density at radius 2 is 2.26 bits per heavy atom. The van der Waals surface area contributed by atoms with Crippen LogP contribution < -0.4 is 0 Å². The number of amides is 1. The highest BCUT2D eigenvalue weighted by Crippen LogP contribution is 2.21. The summed E-state index contributed by atoms with van der Waals surface area (Å²) in [5, 5.41) is 0. The van der Waals surface area contributed by atoms with Gasteiger partial charge in [0.15, 0.2) is 4.96 Å². The molecule has 6 heteroatoms. The van der Waals surface area contributed by atoms with Crippen molar-refractivity contribution in [3.05, 3.63) is 22.5 Å². The molecule has 0 N–H and O–H groups in total. The molecule has 1 amide bonds. The van der Waals surface area contributed by atoms with Crippen LogP contribution in [0.1, 0.15) is 22.7 Å². The van der Waals surface area contributed by atoms with E-state index < -0.39 is 0 Å². The molecule has 19 heavy (non-hydrogen) atoms. The smallest absolute Gasteiger partial charge is 0.224 e. The third-order valence-corrected chi connectivity index (χ3v) is 3.97. The monoisotopic (exact) mass is 281 g/mol. The third kappa shape index (κ3) is 2.96. The number of aryl methyl sites for hydroxylation is 2. The molecule has 2 heterocycles. The van der Waals surface area contributed by atoms with Gasteiger partial charge in [-0.3, -0.25) is 9.20 Å². The molecule has 0 atom stereocenters. The zero-order valence-corrected chi connectivity index (χ0v) is 12.6. The lowest BCUT2D eigenvalue weighted by Gasteiger charge is -2.17. The summed E-state index contributed by atoms with van der Waals surface area (Å²) >= 11 is 1.66. The fourth-order valence-corrected chi connectivity index (χ4v) is 2.88. The average Bonchev–Trinajstić information content (AvgIpc) is 2.84. The standard InChI is InChI=1S/C13H19N3O2S/c1-9-7-16-11(10(2)14-13(16)19-9)8-15(3)12(17)5-6-18-4/h7H,5-6,8H2,1-4H3. The SMILES string of the molecule is COCCC(=O)N(C)Cc1c(C)nc2sc(C)cn12. The minimum Gasteiger partial charge on any atom is -0.384 e. The minimum atomic E-state index is 0.0863. The van der Waals surface area contributed by atoms with Crippen LogP contribution in [0, 0.1) is 13.8 Å². The summed E-state index contributed by atoms with van der Waals surface area (Å²) in [4.78, 5) is 20.4. The van der Waals surface area contributed by atoms with Gasteiger partial charge in [-0.05, 0) is 13.8 Å².